The van der Waals surface area contributed by atoms with Gasteiger partial charge in [0, 0.05) is 12.1 Å². The minimum Gasteiger partial charge on any atom is -0.496 e. The van der Waals surface area contributed by atoms with E-state index >= 15 is 0 Å². The molecule has 0 bridgehead atoms. The molecule has 0 unspecified atom stereocenters. The van der Waals surface area contributed by atoms with Crippen LogP contribution in [-0.2, 0) is 4.79 Å². The summed E-state index contributed by atoms with van der Waals surface area (Å²) in [6.07, 6.45) is 7.90. The second-order valence-corrected chi connectivity index (χ2v) is 6.32. The Hall–Kier alpha value is -3.09. The fourth-order valence-electron chi connectivity index (χ4n) is 3.48. The number of aromatic amines is 1. The van der Waals surface area contributed by atoms with Gasteiger partial charge in [-0.2, -0.15) is 0 Å². The largest absolute Gasteiger partial charge is 0.496 e. The summed E-state index contributed by atoms with van der Waals surface area (Å²) in [6.45, 7) is 0.725. The number of benzene rings is 1. The van der Waals surface area contributed by atoms with Gasteiger partial charge in [0.25, 0.3) is 0 Å². The summed E-state index contributed by atoms with van der Waals surface area (Å²) in [5, 5.41) is 3.00. The Kier molecular flexibility index (Phi) is 4.43. The number of aromatic nitrogens is 4. The molecule has 0 spiro atoms. The Labute approximate surface area is 151 Å². The number of carbonyl (C=O) groups excluding carboxylic acids is 1. The summed E-state index contributed by atoms with van der Waals surface area (Å²) >= 11 is 0. The molecular formula is C19H21N5O2. The van der Waals surface area contributed by atoms with Gasteiger partial charge in [0.15, 0.2) is 0 Å². The van der Waals surface area contributed by atoms with Gasteiger partial charge in [-0.1, -0.05) is 12.1 Å². The normalized spacial score (nSPS) is 17.6. The van der Waals surface area contributed by atoms with E-state index in [1.54, 1.807) is 26.0 Å². The van der Waals surface area contributed by atoms with Gasteiger partial charge in [0.05, 0.1) is 37.3 Å². The Morgan fingerprint density at radius 3 is 2.96 bits per heavy atom. The molecule has 134 valence electrons. The fourth-order valence-corrected chi connectivity index (χ4v) is 3.48. The van der Waals surface area contributed by atoms with Crippen LogP contribution in [0.5, 0.6) is 5.75 Å². The predicted molar refractivity (Wildman–Crippen MR) is 97.7 cm³/mol. The maximum Gasteiger partial charge on any atom is 0.243 e. The van der Waals surface area contributed by atoms with E-state index < -0.39 is 0 Å². The number of hydrogen-bond donors (Lipinski definition) is 2. The number of amides is 1. The van der Waals surface area contributed by atoms with E-state index in [1.807, 2.05) is 28.8 Å². The number of para-hydroxylation sites is 1. The molecule has 1 aliphatic heterocycles. The minimum absolute atomic E-state index is 0.0345. The van der Waals surface area contributed by atoms with Crippen molar-refractivity contribution in [3.63, 3.8) is 0 Å². The average molecular weight is 351 g/mol. The van der Waals surface area contributed by atoms with E-state index in [0.29, 0.717) is 0 Å². The zero-order chi connectivity index (χ0) is 17.9. The van der Waals surface area contributed by atoms with Gasteiger partial charge in [-0.3, -0.25) is 4.79 Å². The molecule has 1 aliphatic rings. The summed E-state index contributed by atoms with van der Waals surface area (Å²) < 4.78 is 7.47. The lowest BCUT2D eigenvalue weighted by Gasteiger charge is -2.18. The Morgan fingerprint density at radius 1 is 1.27 bits per heavy atom. The number of hydrogen-bond acceptors (Lipinski definition) is 4. The maximum atomic E-state index is 12.6. The van der Waals surface area contributed by atoms with Crippen molar-refractivity contribution < 1.29 is 9.53 Å². The van der Waals surface area contributed by atoms with Crippen LogP contribution in [0.25, 0.3) is 22.6 Å². The van der Waals surface area contributed by atoms with Crippen LogP contribution in [-0.4, -0.2) is 39.1 Å². The van der Waals surface area contributed by atoms with Gasteiger partial charge in [-0.15, -0.1) is 0 Å². The van der Waals surface area contributed by atoms with E-state index in [4.69, 9.17) is 4.74 Å². The van der Waals surface area contributed by atoms with E-state index in [-0.39, 0.29) is 11.9 Å². The molecule has 1 aromatic carbocycles. The lowest BCUT2D eigenvalue weighted by Crippen LogP contribution is -2.30. The Balaban J connectivity index is 1.89. The number of rotatable bonds is 4. The highest BCUT2D eigenvalue weighted by molar-refractivity contribution is 5.84. The second-order valence-electron chi connectivity index (χ2n) is 6.32. The molecule has 4 rings (SSSR count). The first-order chi connectivity index (χ1) is 12.8. The fraction of sp³-hybridized carbons (Fsp3) is 0.316. The van der Waals surface area contributed by atoms with E-state index in [2.05, 4.69) is 20.3 Å². The van der Waals surface area contributed by atoms with Crippen molar-refractivity contribution in [1.29, 1.82) is 0 Å². The van der Waals surface area contributed by atoms with Crippen LogP contribution in [0.15, 0.2) is 43.1 Å². The van der Waals surface area contributed by atoms with Gasteiger partial charge < -0.3 is 19.6 Å². The van der Waals surface area contributed by atoms with Crippen LogP contribution < -0.4 is 10.1 Å². The molecule has 1 saturated heterocycles. The van der Waals surface area contributed by atoms with E-state index in [1.165, 1.54) is 0 Å². The Morgan fingerprint density at radius 2 is 2.15 bits per heavy atom. The van der Waals surface area contributed by atoms with Crippen LogP contribution in [0.4, 0.5) is 0 Å². The zero-order valence-electron chi connectivity index (χ0n) is 14.6. The van der Waals surface area contributed by atoms with Crippen molar-refractivity contribution in [1.82, 2.24) is 24.8 Å². The molecule has 2 N–H and O–H groups in total. The summed E-state index contributed by atoms with van der Waals surface area (Å²) in [6, 6.07) is 7.47. The first-order valence-corrected chi connectivity index (χ1v) is 8.76. The number of imidazole rings is 2. The van der Waals surface area contributed by atoms with Gasteiger partial charge in [-0.25, -0.2) is 9.97 Å². The van der Waals surface area contributed by atoms with Gasteiger partial charge in [-0.05, 0) is 31.4 Å². The quantitative estimate of drug-likeness (QED) is 0.757. The van der Waals surface area contributed by atoms with E-state index in [9.17, 15) is 4.79 Å². The first kappa shape index (κ1) is 16.4. The third-order valence-corrected chi connectivity index (χ3v) is 4.75. The number of nitrogens with one attached hydrogen (secondary N) is 2. The number of H-pyrrole nitrogens is 1. The van der Waals surface area contributed by atoms with Gasteiger partial charge >= 0.3 is 0 Å². The van der Waals surface area contributed by atoms with Gasteiger partial charge in [0.2, 0.25) is 5.91 Å². The highest BCUT2D eigenvalue weighted by atomic mass is 16.5. The minimum atomic E-state index is -0.285. The summed E-state index contributed by atoms with van der Waals surface area (Å²) in [4.78, 5) is 24.5. The van der Waals surface area contributed by atoms with Crippen molar-refractivity contribution in [2.75, 3.05) is 13.7 Å². The third-order valence-electron chi connectivity index (χ3n) is 4.75. The van der Waals surface area contributed by atoms with Crippen molar-refractivity contribution in [2.24, 2.45) is 0 Å². The van der Waals surface area contributed by atoms with Crippen LogP contribution in [0, 0.1) is 0 Å². The highest BCUT2D eigenvalue weighted by Crippen LogP contribution is 2.37. The molecule has 3 heterocycles. The number of ether oxygens (including phenoxy) is 1. The first-order valence-electron chi connectivity index (χ1n) is 8.76. The van der Waals surface area contributed by atoms with Crippen molar-refractivity contribution in [3.05, 3.63) is 43.1 Å². The molecule has 3 aromatic rings. The number of methoxy groups -OCH3 is 1. The van der Waals surface area contributed by atoms with Crippen LogP contribution >= 0.6 is 0 Å². The van der Waals surface area contributed by atoms with Gasteiger partial charge in [0.1, 0.15) is 17.5 Å². The number of nitrogens with zero attached hydrogens (tertiary/aromatic N) is 3. The van der Waals surface area contributed by atoms with Crippen LogP contribution in [0.3, 0.4) is 0 Å². The zero-order valence-corrected chi connectivity index (χ0v) is 14.6. The summed E-state index contributed by atoms with van der Waals surface area (Å²) in [5.74, 6) is 0.774. The van der Waals surface area contributed by atoms with Crippen molar-refractivity contribution in [3.8, 4) is 28.4 Å². The molecule has 7 nitrogen and oxygen atoms in total. The molecule has 2 aromatic heterocycles. The highest BCUT2D eigenvalue weighted by Gasteiger charge is 2.28. The predicted octanol–water partition coefficient (Wildman–Crippen LogP) is 2.79. The van der Waals surface area contributed by atoms with E-state index in [0.717, 1.165) is 54.2 Å². The van der Waals surface area contributed by atoms with Crippen molar-refractivity contribution in [2.45, 2.75) is 25.3 Å². The summed E-state index contributed by atoms with van der Waals surface area (Å²) in [7, 11) is 1.64. The lowest BCUT2D eigenvalue weighted by molar-refractivity contribution is -0.124. The molecule has 7 heteroatoms. The number of carbonyl (C=O) groups is 1. The second kappa shape index (κ2) is 7.03. The molecule has 26 heavy (non-hydrogen) atoms. The molecule has 0 saturated carbocycles. The third kappa shape index (κ3) is 2.85. The lowest BCUT2D eigenvalue weighted by atomic mass is 10.1. The molecule has 1 atom stereocenters. The SMILES string of the molecule is COc1ccccc1-c1ncn([C@@H]2CCCCNC2=O)c1-c1cnc[nH]1. The average Bonchev–Trinajstić information content (AvgIpc) is 3.29. The standard InChI is InChI=1S/C19H21N5O2/c1-26-16-8-3-2-6-13(16)17-18(14-10-20-11-22-14)24(12-23-17)15-7-4-5-9-21-19(15)25/h2-3,6,8,10-12,15H,4-5,7,9H2,1H3,(H,20,22)(H,21,25)/t15-/m1/s1. The van der Waals surface area contributed by atoms with Crippen LogP contribution in [0.1, 0.15) is 25.3 Å². The molecule has 1 fully saturated rings. The van der Waals surface area contributed by atoms with Crippen LogP contribution in [0.2, 0.25) is 0 Å². The Bertz CT molecular complexity index is 901. The molecule has 0 radical (unpaired) electrons. The summed E-state index contributed by atoms with van der Waals surface area (Å²) in [5.41, 5.74) is 3.31. The van der Waals surface area contributed by atoms with Crippen molar-refractivity contribution >= 4 is 5.91 Å². The molecule has 0 aliphatic carbocycles. The monoisotopic (exact) mass is 351 g/mol. The topological polar surface area (TPSA) is 84.8 Å². The molecular weight excluding hydrogens is 330 g/mol. The molecule has 1 amide bonds. The smallest absolute Gasteiger partial charge is 0.243 e. The maximum absolute atomic E-state index is 12.6.